The van der Waals surface area contributed by atoms with Gasteiger partial charge in [-0.05, 0) is 40.4 Å². The van der Waals surface area contributed by atoms with E-state index in [4.69, 9.17) is 17.3 Å². The number of fused-ring (bicyclic) bond motifs is 3. The Morgan fingerprint density at radius 1 is 1.05 bits per heavy atom. The topological polar surface area (TPSA) is 189 Å². The van der Waals surface area contributed by atoms with Crippen LogP contribution in [0.15, 0.2) is 42.5 Å². The average Bonchev–Trinajstić information content (AvgIpc) is 2.86. The van der Waals surface area contributed by atoms with Crippen molar-refractivity contribution in [1.82, 2.24) is 0 Å². The highest BCUT2D eigenvalue weighted by Crippen LogP contribution is 2.54. The highest BCUT2D eigenvalue weighted by atomic mass is 35.5. The number of primary amides is 1. The SMILES string of the molecule is NC(=O)C1C(=O)C[C@@H]2[C@@H](O)[C@@H]3C(=Cc4cccc(C(=O)Cl)c4)c4cccc(O)c4C(=O)C3C(=O)[C@]2(O)C1=O. The van der Waals surface area contributed by atoms with Crippen LogP contribution in [0.3, 0.4) is 0 Å². The Kier molecular flexibility index (Phi) is 5.94. The van der Waals surface area contributed by atoms with Gasteiger partial charge in [-0.25, -0.2) is 0 Å². The van der Waals surface area contributed by atoms with Crippen LogP contribution in [0.1, 0.15) is 38.3 Å². The second kappa shape index (κ2) is 8.80. The molecular weight excluding hydrogens is 518 g/mol. The normalized spacial score (nSPS) is 31.4. The van der Waals surface area contributed by atoms with Crippen molar-refractivity contribution in [2.45, 2.75) is 18.1 Å². The first-order valence-electron chi connectivity index (χ1n) is 11.6. The fourth-order valence-corrected chi connectivity index (χ4v) is 6.08. The molecule has 11 heteroatoms. The molecular formula is C27H20ClNO9. The molecule has 5 N–H and O–H groups in total. The van der Waals surface area contributed by atoms with Crippen LogP contribution >= 0.6 is 11.6 Å². The van der Waals surface area contributed by atoms with Gasteiger partial charge in [-0.15, -0.1) is 0 Å². The van der Waals surface area contributed by atoms with Crippen molar-refractivity contribution >= 4 is 57.5 Å². The number of rotatable bonds is 3. The van der Waals surface area contributed by atoms with Gasteiger partial charge in [-0.3, -0.25) is 28.8 Å². The van der Waals surface area contributed by atoms with E-state index in [1.807, 2.05) is 0 Å². The van der Waals surface area contributed by atoms with Crippen molar-refractivity contribution in [2.75, 3.05) is 0 Å². The lowest BCUT2D eigenvalue weighted by Crippen LogP contribution is -2.72. The zero-order valence-corrected chi connectivity index (χ0v) is 20.2. The van der Waals surface area contributed by atoms with E-state index < -0.39 is 81.8 Å². The summed E-state index contributed by atoms with van der Waals surface area (Å²) < 4.78 is 0. The number of Topliss-reactive ketones (excluding diaryl/α,β-unsaturated/α-hetero) is 4. The smallest absolute Gasteiger partial charge is 0.252 e. The second-order valence-corrected chi connectivity index (χ2v) is 10.0. The molecule has 38 heavy (non-hydrogen) atoms. The van der Waals surface area contributed by atoms with Gasteiger partial charge in [0.05, 0.1) is 17.6 Å². The Hall–Kier alpha value is -3.99. The number of aliphatic hydroxyl groups excluding tert-OH is 1. The van der Waals surface area contributed by atoms with Gasteiger partial charge in [0, 0.05) is 23.8 Å². The number of halogens is 1. The van der Waals surface area contributed by atoms with Gasteiger partial charge in [0.15, 0.2) is 34.7 Å². The molecule has 194 valence electrons. The molecule has 3 aliphatic rings. The lowest BCUT2D eigenvalue weighted by Gasteiger charge is -2.51. The summed E-state index contributed by atoms with van der Waals surface area (Å²) in [6.45, 7) is 0. The summed E-state index contributed by atoms with van der Waals surface area (Å²) in [5.41, 5.74) is 2.82. The van der Waals surface area contributed by atoms with Crippen molar-refractivity contribution in [3.63, 3.8) is 0 Å². The largest absolute Gasteiger partial charge is 0.507 e. The van der Waals surface area contributed by atoms with E-state index in [0.717, 1.165) is 0 Å². The van der Waals surface area contributed by atoms with E-state index >= 15 is 0 Å². The molecule has 3 aliphatic carbocycles. The molecule has 2 aromatic rings. The van der Waals surface area contributed by atoms with E-state index in [-0.39, 0.29) is 22.3 Å². The number of hydrogen-bond donors (Lipinski definition) is 4. The van der Waals surface area contributed by atoms with Gasteiger partial charge < -0.3 is 21.1 Å². The van der Waals surface area contributed by atoms with Crippen LogP contribution in [-0.2, 0) is 19.2 Å². The molecule has 0 aliphatic heterocycles. The van der Waals surface area contributed by atoms with Crippen LogP contribution < -0.4 is 5.73 Å². The lowest BCUT2D eigenvalue weighted by atomic mass is 9.51. The fraction of sp³-hybridized carbons (Fsp3) is 0.259. The number of phenols is 1. The second-order valence-electron chi connectivity index (χ2n) is 9.66. The van der Waals surface area contributed by atoms with Gasteiger partial charge in [0.1, 0.15) is 5.75 Å². The van der Waals surface area contributed by atoms with Crippen molar-refractivity contribution in [1.29, 1.82) is 0 Å². The van der Waals surface area contributed by atoms with E-state index in [2.05, 4.69) is 0 Å². The van der Waals surface area contributed by atoms with Gasteiger partial charge in [-0.1, -0.05) is 36.4 Å². The summed E-state index contributed by atoms with van der Waals surface area (Å²) in [7, 11) is 0. The molecule has 2 saturated carbocycles. The molecule has 0 radical (unpaired) electrons. The number of nitrogens with two attached hydrogens (primary N) is 1. The van der Waals surface area contributed by atoms with Crippen LogP contribution in [0, 0.1) is 23.7 Å². The lowest BCUT2D eigenvalue weighted by molar-refractivity contribution is -0.185. The number of aliphatic hydroxyl groups is 2. The van der Waals surface area contributed by atoms with Gasteiger partial charge >= 0.3 is 0 Å². The standard InChI is InChI=1S/C27H20ClNO9/c28-25(36)11-4-1-3-10(7-11)8-13-12-5-2-6-15(30)17(12)22(33)20-18(13)21(32)14-9-16(31)19(26(29)37)23(34)27(14,38)24(20)35/h1-8,14,18-21,30,32,38H,9H2,(H2,29,37)/t14-,18-,19?,20?,21-,27-/m1/s1. The predicted octanol–water partition coefficient (Wildman–Crippen LogP) is 0.675. The molecule has 0 aromatic heterocycles. The van der Waals surface area contributed by atoms with Crippen molar-refractivity contribution in [3.05, 3.63) is 64.7 Å². The minimum atomic E-state index is -3.03. The summed E-state index contributed by atoms with van der Waals surface area (Å²) in [6, 6.07) is 10.2. The first-order chi connectivity index (χ1) is 17.9. The highest BCUT2D eigenvalue weighted by Gasteiger charge is 2.69. The number of amides is 1. The number of phenolic OH excluding ortho intramolecular Hbond substituents is 1. The van der Waals surface area contributed by atoms with Crippen molar-refractivity contribution < 1.29 is 44.1 Å². The summed E-state index contributed by atoms with van der Waals surface area (Å²) >= 11 is 5.60. The molecule has 0 heterocycles. The van der Waals surface area contributed by atoms with Gasteiger partial charge in [-0.2, -0.15) is 0 Å². The van der Waals surface area contributed by atoms with E-state index in [0.29, 0.717) is 5.56 Å². The Morgan fingerprint density at radius 2 is 1.74 bits per heavy atom. The Bertz CT molecular complexity index is 1510. The zero-order chi connectivity index (χ0) is 27.7. The third-order valence-electron chi connectivity index (χ3n) is 7.68. The third kappa shape index (κ3) is 3.48. The Morgan fingerprint density at radius 3 is 2.39 bits per heavy atom. The number of carbonyl (C=O) groups excluding carboxylic acids is 6. The minimum absolute atomic E-state index is 0.149. The summed E-state index contributed by atoms with van der Waals surface area (Å²) in [4.78, 5) is 76.7. The summed E-state index contributed by atoms with van der Waals surface area (Å²) in [5.74, 6) is -13.4. The predicted molar refractivity (Wildman–Crippen MR) is 131 cm³/mol. The average molecular weight is 538 g/mol. The fourth-order valence-electron chi connectivity index (χ4n) is 5.96. The van der Waals surface area contributed by atoms with E-state index in [1.165, 1.54) is 36.4 Å². The maximum absolute atomic E-state index is 13.8. The van der Waals surface area contributed by atoms with Crippen LogP contribution in [0.5, 0.6) is 5.75 Å². The monoisotopic (exact) mass is 537 g/mol. The summed E-state index contributed by atoms with van der Waals surface area (Å²) in [5, 5.41) is 32.7. The van der Waals surface area contributed by atoms with Crippen LogP contribution in [0.2, 0.25) is 0 Å². The molecule has 2 unspecified atom stereocenters. The molecule has 6 atom stereocenters. The third-order valence-corrected chi connectivity index (χ3v) is 7.89. The van der Waals surface area contributed by atoms with Crippen molar-refractivity contribution in [3.8, 4) is 5.75 Å². The van der Waals surface area contributed by atoms with Crippen LogP contribution in [-0.4, -0.2) is 61.3 Å². The molecule has 0 saturated heterocycles. The van der Waals surface area contributed by atoms with E-state index in [1.54, 1.807) is 12.1 Å². The maximum Gasteiger partial charge on any atom is 0.252 e. The zero-order valence-electron chi connectivity index (χ0n) is 19.5. The number of carbonyl (C=O) groups is 6. The molecule has 2 fully saturated rings. The molecule has 1 amide bonds. The number of aromatic hydroxyl groups is 1. The molecule has 5 rings (SSSR count). The van der Waals surface area contributed by atoms with E-state index in [9.17, 15) is 44.1 Å². The van der Waals surface area contributed by atoms with Crippen LogP contribution in [0.4, 0.5) is 0 Å². The molecule has 10 nitrogen and oxygen atoms in total. The van der Waals surface area contributed by atoms with Crippen molar-refractivity contribution in [2.24, 2.45) is 29.4 Å². The molecule has 0 spiro atoms. The summed E-state index contributed by atoms with van der Waals surface area (Å²) in [6.07, 6.45) is -0.991. The van der Waals surface area contributed by atoms with Crippen LogP contribution in [0.25, 0.3) is 11.6 Å². The number of benzene rings is 2. The first kappa shape index (κ1) is 25.7. The molecule has 2 aromatic carbocycles. The quantitative estimate of drug-likeness (QED) is 0.322. The molecule has 0 bridgehead atoms. The Labute approximate surface area is 219 Å². The highest BCUT2D eigenvalue weighted by molar-refractivity contribution is 6.67. The number of ketones is 4. The first-order valence-corrected chi connectivity index (χ1v) is 12.0. The number of hydrogen-bond acceptors (Lipinski definition) is 9. The minimum Gasteiger partial charge on any atom is -0.507 e. The van der Waals surface area contributed by atoms with Gasteiger partial charge in [0.2, 0.25) is 5.91 Å². The van der Waals surface area contributed by atoms with Gasteiger partial charge in [0.25, 0.3) is 5.24 Å². The Balaban J connectivity index is 1.75. The maximum atomic E-state index is 13.8.